The van der Waals surface area contributed by atoms with Gasteiger partial charge in [-0.25, -0.2) is 0 Å². The van der Waals surface area contributed by atoms with E-state index in [-0.39, 0.29) is 0 Å². The molecular weight excluding hydrogens is 230 g/mol. The Morgan fingerprint density at radius 1 is 1.53 bits per heavy atom. The number of thiophene rings is 1. The average Bonchev–Trinajstić information content (AvgIpc) is 2.96. The summed E-state index contributed by atoms with van der Waals surface area (Å²) in [7, 11) is 0. The van der Waals surface area contributed by atoms with Gasteiger partial charge in [-0.05, 0) is 43.8 Å². The van der Waals surface area contributed by atoms with E-state index < -0.39 is 0 Å². The zero-order valence-corrected chi connectivity index (χ0v) is 11.3. The molecule has 1 fully saturated rings. The Bertz CT molecular complexity index is 347. The van der Waals surface area contributed by atoms with Crippen LogP contribution in [-0.4, -0.2) is 23.8 Å². The van der Waals surface area contributed by atoms with E-state index in [4.69, 9.17) is 0 Å². The SMILES string of the molecule is CCN(CCC1CCCC1=O)Cc1cccs1. The molecule has 0 aliphatic heterocycles. The smallest absolute Gasteiger partial charge is 0.136 e. The number of carbonyl (C=O) groups is 1. The standard InChI is InChI=1S/C14H21NOS/c1-2-15(11-13-6-4-10-17-13)9-8-12-5-3-7-14(12)16/h4,6,10,12H,2-3,5,7-9,11H2,1H3. The monoisotopic (exact) mass is 251 g/mol. The molecule has 0 radical (unpaired) electrons. The van der Waals surface area contributed by atoms with E-state index in [1.165, 1.54) is 4.88 Å². The van der Waals surface area contributed by atoms with Crippen molar-refractivity contribution in [2.75, 3.05) is 13.1 Å². The zero-order chi connectivity index (χ0) is 12.1. The zero-order valence-electron chi connectivity index (χ0n) is 10.5. The van der Waals surface area contributed by atoms with Crippen LogP contribution in [0, 0.1) is 5.92 Å². The van der Waals surface area contributed by atoms with Crippen LogP contribution in [0.25, 0.3) is 0 Å². The van der Waals surface area contributed by atoms with Gasteiger partial charge in [-0.15, -0.1) is 11.3 Å². The lowest BCUT2D eigenvalue weighted by Gasteiger charge is -2.21. The maximum absolute atomic E-state index is 11.6. The highest BCUT2D eigenvalue weighted by atomic mass is 32.1. The topological polar surface area (TPSA) is 20.3 Å². The minimum atomic E-state index is 0.354. The summed E-state index contributed by atoms with van der Waals surface area (Å²) in [6, 6.07) is 4.29. The lowest BCUT2D eigenvalue weighted by Crippen LogP contribution is -2.26. The van der Waals surface area contributed by atoms with Crippen molar-refractivity contribution < 1.29 is 4.79 Å². The molecule has 1 saturated carbocycles. The maximum atomic E-state index is 11.6. The van der Waals surface area contributed by atoms with Gasteiger partial charge in [0.25, 0.3) is 0 Å². The second-order valence-corrected chi connectivity index (χ2v) is 5.82. The van der Waals surface area contributed by atoms with Crippen molar-refractivity contribution in [1.82, 2.24) is 4.90 Å². The normalized spacial score (nSPS) is 20.4. The molecule has 2 nitrogen and oxygen atoms in total. The number of Topliss-reactive ketones (excluding diaryl/α,β-unsaturated/α-hetero) is 1. The van der Waals surface area contributed by atoms with Gasteiger partial charge in [-0.1, -0.05) is 13.0 Å². The Labute approximate surface area is 108 Å². The second-order valence-electron chi connectivity index (χ2n) is 4.79. The molecule has 0 aromatic carbocycles. The molecule has 1 atom stereocenters. The Hall–Kier alpha value is -0.670. The highest BCUT2D eigenvalue weighted by Crippen LogP contribution is 2.24. The third-order valence-corrected chi connectivity index (χ3v) is 4.49. The van der Waals surface area contributed by atoms with Crippen molar-refractivity contribution in [1.29, 1.82) is 0 Å². The Balaban J connectivity index is 1.77. The molecule has 0 spiro atoms. The molecule has 17 heavy (non-hydrogen) atoms. The minimum absolute atomic E-state index is 0.354. The quantitative estimate of drug-likeness (QED) is 0.773. The third-order valence-electron chi connectivity index (χ3n) is 3.63. The first-order valence-electron chi connectivity index (χ1n) is 6.57. The van der Waals surface area contributed by atoms with Crippen LogP contribution in [0.5, 0.6) is 0 Å². The molecule has 1 aliphatic carbocycles. The highest BCUT2D eigenvalue weighted by Gasteiger charge is 2.24. The molecule has 0 N–H and O–H groups in total. The van der Waals surface area contributed by atoms with Gasteiger partial charge in [0, 0.05) is 23.8 Å². The van der Waals surface area contributed by atoms with Crippen LogP contribution in [0.15, 0.2) is 17.5 Å². The Morgan fingerprint density at radius 3 is 3.00 bits per heavy atom. The fourth-order valence-electron chi connectivity index (χ4n) is 2.50. The molecule has 0 bridgehead atoms. The van der Waals surface area contributed by atoms with E-state index in [1.807, 2.05) is 11.3 Å². The van der Waals surface area contributed by atoms with Gasteiger partial charge in [0.05, 0.1) is 0 Å². The van der Waals surface area contributed by atoms with Gasteiger partial charge >= 0.3 is 0 Å². The molecule has 1 heterocycles. The third kappa shape index (κ3) is 3.65. The van der Waals surface area contributed by atoms with Gasteiger partial charge < -0.3 is 0 Å². The van der Waals surface area contributed by atoms with E-state index in [1.54, 1.807) is 0 Å². The number of nitrogens with zero attached hydrogens (tertiary/aromatic N) is 1. The summed E-state index contributed by atoms with van der Waals surface area (Å²) in [5, 5.41) is 2.13. The van der Waals surface area contributed by atoms with Crippen molar-refractivity contribution in [3.05, 3.63) is 22.4 Å². The molecule has 1 unspecified atom stereocenters. The molecule has 2 rings (SSSR count). The molecule has 1 aromatic rings. The summed E-state index contributed by atoms with van der Waals surface area (Å²) < 4.78 is 0. The fraction of sp³-hybridized carbons (Fsp3) is 0.643. The highest BCUT2D eigenvalue weighted by molar-refractivity contribution is 7.09. The van der Waals surface area contributed by atoms with Gasteiger partial charge in [0.15, 0.2) is 0 Å². The second kappa shape index (κ2) is 6.31. The molecule has 0 saturated heterocycles. The van der Waals surface area contributed by atoms with Gasteiger partial charge in [0.1, 0.15) is 5.78 Å². The summed E-state index contributed by atoms with van der Waals surface area (Å²) in [4.78, 5) is 15.4. The number of hydrogen-bond donors (Lipinski definition) is 0. The first-order valence-corrected chi connectivity index (χ1v) is 7.45. The number of rotatable bonds is 6. The van der Waals surface area contributed by atoms with Crippen LogP contribution in [0.1, 0.15) is 37.5 Å². The predicted octanol–water partition coefficient (Wildman–Crippen LogP) is 3.33. The predicted molar refractivity (Wildman–Crippen MR) is 72.2 cm³/mol. The van der Waals surface area contributed by atoms with Crippen LogP contribution < -0.4 is 0 Å². The lowest BCUT2D eigenvalue weighted by atomic mass is 10.0. The van der Waals surface area contributed by atoms with Crippen molar-refractivity contribution in [3.8, 4) is 0 Å². The first kappa shape index (κ1) is 12.8. The largest absolute Gasteiger partial charge is 0.299 e. The van der Waals surface area contributed by atoms with Crippen molar-refractivity contribution in [2.45, 2.75) is 39.2 Å². The van der Waals surface area contributed by atoms with Crippen LogP contribution in [0.4, 0.5) is 0 Å². The van der Waals surface area contributed by atoms with Crippen molar-refractivity contribution in [3.63, 3.8) is 0 Å². The summed E-state index contributed by atoms with van der Waals surface area (Å²) in [5.41, 5.74) is 0. The average molecular weight is 251 g/mol. The van der Waals surface area contributed by atoms with Gasteiger partial charge in [-0.2, -0.15) is 0 Å². The minimum Gasteiger partial charge on any atom is -0.299 e. The summed E-state index contributed by atoms with van der Waals surface area (Å²) in [6.45, 7) is 5.36. The van der Waals surface area contributed by atoms with E-state index in [2.05, 4.69) is 29.3 Å². The van der Waals surface area contributed by atoms with Gasteiger partial charge in [0.2, 0.25) is 0 Å². The van der Waals surface area contributed by atoms with Crippen molar-refractivity contribution >= 4 is 17.1 Å². The number of hydrogen-bond acceptors (Lipinski definition) is 3. The maximum Gasteiger partial charge on any atom is 0.136 e. The van der Waals surface area contributed by atoms with Crippen LogP contribution in [-0.2, 0) is 11.3 Å². The molecule has 94 valence electrons. The molecule has 1 aromatic heterocycles. The summed E-state index contributed by atoms with van der Waals surface area (Å²) in [5.74, 6) is 0.851. The fourth-order valence-corrected chi connectivity index (χ4v) is 3.25. The molecular formula is C14H21NOS. The molecule has 0 amide bonds. The van der Waals surface area contributed by atoms with Crippen LogP contribution in [0.3, 0.4) is 0 Å². The lowest BCUT2D eigenvalue weighted by molar-refractivity contribution is -0.120. The van der Waals surface area contributed by atoms with Crippen LogP contribution in [0.2, 0.25) is 0 Å². The van der Waals surface area contributed by atoms with E-state index in [0.717, 1.165) is 45.3 Å². The summed E-state index contributed by atoms with van der Waals surface area (Å²) in [6.07, 6.45) is 4.11. The summed E-state index contributed by atoms with van der Waals surface area (Å²) >= 11 is 1.82. The van der Waals surface area contributed by atoms with E-state index in [9.17, 15) is 4.79 Å². The number of ketones is 1. The molecule has 3 heteroatoms. The Morgan fingerprint density at radius 2 is 2.41 bits per heavy atom. The number of carbonyl (C=O) groups excluding carboxylic acids is 1. The van der Waals surface area contributed by atoms with E-state index >= 15 is 0 Å². The Kier molecular flexibility index (Phi) is 4.75. The van der Waals surface area contributed by atoms with E-state index in [0.29, 0.717) is 11.7 Å². The van der Waals surface area contributed by atoms with Crippen molar-refractivity contribution in [2.24, 2.45) is 5.92 Å². The first-order chi connectivity index (χ1) is 8.29. The van der Waals surface area contributed by atoms with Gasteiger partial charge in [-0.3, -0.25) is 9.69 Å². The molecule has 1 aliphatic rings. The van der Waals surface area contributed by atoms with Crippen LogP contribution >= 0.6 is 11.3 Å².